The van der Waals surface area contributed by atoms with Gasteiger partial charge in [0.05, 0.1) is 11.8 Å². The molecule has 1 saturated heterocycles. The van der Waals surface area contributed by atoms with Crippen LogP contribution in [-0.2, 0) is 16.1 Å². The monoisotopic (exact) mass is 374 g/mol. The number of aromatic nitrogens is 1. The molecule has 1 aliphatic rings. The smallest absolute Gasteiger partial charge is 0.237 e. The average Bonchev–Trinajstić information content (AvgIpc) is 3.21. The van der Waals surface area contributed by atoms with Crippen molar-refractivity contribution in [3.8, 4) is 0 Å². The number of likely N-dealkylation sites (tertiary alicyclic amines) is 1. The van der Waals surface area contributed by atoms with E-state index in [1.54, 1.807) is 0 Å². The van der Waals surface area contributed by atoms with E-state index in [4.69, 9.17) is 0 Å². The van der Waals surface area contributed by atoms with Crippen LogP contribution in [0, 0.1) is 0 Å². The number of H-pyrrole nitrogens is 1. The van der Waals surface area contributed by atoms with E-state index in [0.717, 1.165) is 5.52 Å². The van der Waals surface area contributed by atoms with Gasteiger partial charge in [-0.05, 0) is 48.7 Å². The maximum absolute atomic E-state index is 12.5. The fourth-order valence-electron chi connectivity index (χ4n) is 3.58. The van der Waals surface area contributed by atoms with E-state index in [1.807, 2.05) is 19.4 Å². The van der Waals surface area contributed by atoms with Gasteiger partial charge in [0.1, 0.15) is 0 Å². The maximum Gasteiger partial charge on any atom is 0.237 e. The molecule has 7 heteroatoms. The van der Waals surface area contributed by atoms with E-state index in [-0.39, 0.29) is 23.9 Å². The van der Waals surface area contributed by atoms with Gasteiger partial charge in [0.15, 0.2) is 0 Å². The summed E-state index contributed by atoms with van der Waals surface area (Å²) in [6.45, 7) is 3.92. The van der Waals surface area contributed by atoms with Crippen molar-refractivity contribution in [2.75, 3.05) is 25.1 Å². The van der Waals surface area contributed by atoms with E-state index < -0.39 is 0 Å². The van der Waals surface area contributed by atoms with Crippen LogP contribution in [0.2, 0.25) is 0 Å². The molecule has 1 aliphatic heterocycles. The molecule has 3 rings (SSSR count). The molecule has 6 nitrogen and oxygen atoms in total. The van der Waals surface area contributed by atoms with Crippen LogP contribution in [0.1, 0.15) is 18.9 Å². The van der Waals surface area contributed by atoms with Gasteiger partial charge < -0.3 is 15.6 Å². The standard InChI is InChI=1S/C19H26N4O2S/c1-3-20-19(25)17-9-15(22-18(24)12-26-2)11-23(17)10-13-4-5-16-14(8-13)6-7-21-16/h4-8,15,17,21H,3,9-12H2,1-2H3,(H,20,25)(H,22,24)/t15-,17-/m0/s1. The molecule has 0 bridgehead atoms. The minimum absolute atomic E-state index is 0.0123. The van der Waals surface area contributed by atoms with Crippen LogP contribution in [0.15, 0.2) is 30.5 Å². The molecule has 1 aromatic carbocycles. The normalized spacial score (nSPS) is 20.4. The molecule has 2 atom stereocenters. The molecule has 1 aromatic heterocycles. The van der Waals surface area contributed by atoms with E-state index in [2.05, 4.69) is 44.8 Å². The Morgan fingerprint density at radius 1 is 1.35 bits per heavy atom. The molecule has 26 heavy (non-hydrogen) atoms. The fourth-order valence-corrected chi connectivity index (χ4v) is 3.93. The van der Waals surface area contributed by atoms with E-state index in [9.17, 15) is 9.59 Å². The number of rotatable bonds is 7. The van der Waals surface area contributed by atoms with Crippen molar-refractivity contribution in [2.24, 2.45) is 0 Å². The lowest BCUT2D eigenvalue weighted by atomic mass is 10.1. The highest BCUT2D eigenvalue weighted by Gasteiger charge is 2.37. The number of amides is 2. The summed E-state index contributed by atoms with van der Waals surface area (Å²) >= 11 is 1.51. The van der Waals surface area contributed by atoms with Gasteiger partial charge in [0, 0.05) is 37.4 Å². The third-order valence-electron chi connectivity index (χ3n) is 4.70. The number of nitrogens with zero attached hydrogens (tertiary/aromatic N) is 1. The third-order valence-corrected chi connectivity index (χ3v) is 5.25. The number of carbonyl (C=O) groups excluding carboxylic acids is 2. The lowest BCUT2D eigenvalue weighted by Gasteiger charge is -2.23. The van der Waals surface area contributed by atoms with Gasteiger partial charge in [-0.1, -0.05) is 6.07 Å². The van der Waals surface area contributed by atoms with Crippen molar-refractivity contribution >= 4 is 34.5 Å². The first-order chi connectivity index (χ1) is 12.6. The predicted octanol–water partition coefficient (Wildman–Crippen LogP) is 1.73. The molecule has 2 amide bonds. The quantitative estimate of drug-likeness (QED) is 0.690. The van der Waals surface area contributed by atoms with Crippen molar-refractivity contribution in [1.29, 1.82) is 0 Å². The van der Waals surface area contributed by atoms with Crippen LogP contribution in [0.3, 0.4) is 0 Å². The highest BCUT2D eigenvalue weighted by Crippen LogP contribution is 2.23. The number of hydrogen-bond acceptors (Lipinski definition) is 4. The Hall–Kier alpha value is -1.99. The molecule has 2 aromatic rings. The Kier molecular flexibility index (Phi) is 6.21. The minimum Gasteiger partial charge on any atom is -0.361 e. The number of nitrogens with one attached hydrogen (secondary N) is 3. The highest BCUT2D eigenvalue weighted by atomic mass is 32.2. The summed E-state index contributed by atoms with van der Waals surface area (Å²) in [4.78, 5) is 29.8. The molecule has 0 aliphatic carbocycles. The van der Waals surface area contributed by atoms with Crippen molar-refractivity contribution in [3.05, 3.63) is 36.0 Å². The summed E-state index contributed by atoms with van der Waals surface area (Å²) in [7, 11) is 0. The molecular weight excluding hydrogens is 348 g/mol. The lowest BCUT2D eigenvalue weighted by molar-refractivity contribution is -0.125. The third kappa shape index (κ3) is 4.40. The molecule has 140 valence electrons. The SMILES string of the molecule is CCNC(=O)[C@@H]1C[C@H](NC(=O)CSC)CN1Cc1ccc2[nH]ccc2c1. The van der Waals surface area contributed by atoms with Gasteiger partial charge in [-0.3, -0.25) is 14.5 Å². The zero-order valence-corrected chi connectivity index (χ0v) is 16.1. The van der Waals surface area contributed by atoms with E-state index >= 15 is 0 Å². The first-order valence-electron chi connectivity index (χ1n) is 8.96. The van der Waals surface area contributed by atoms with E-state index in [1.165, 1.54) is 22.7 Å². The summed E-state index contributed by atoms with van der Waals surface area (Å²) in [5, 5.41) is 7.15. The van der Waals surface area contributed by atoms with Crippen molar-refractivity contribution < 1.29 is 9.59 Å². The van der Waals surface area contributed by atoms with Crippen LogP contribution < -0.4 is 10.6 Å². The Bertz CT molecular complexity index is 776. The Morgan fingerprint density at radius 2 is 2.19 bits per heavy atom. The first kappa shape index (κ1) is 18.8. The van der Waals surface area contributed by atoms with E-state index in [0.29, 0.717) is 31.8 Å². The van der Waals surface area contributed by atoms with Crippen LogP contribution in [0.4, 0.5) is 0 Å². The number of thioether (sulfide) groups is 1. The number of aromatic amines is 1. The summed E-state index contributed by atoms with van der Waals surface area (Å²) in [6, 6.07) is 8.16. The Labute approximate surface area is 158 Å². The number of fused-ring (bicyclic) bond motifs is 1. The largest absolute Gasteiger partial charge is 0.361 e. The van der Waals surface area contributed by atoms with Crippen molar-refractivity contribution in [3.63, 3.8) is 0 Å². The van der Waals surface area contributed by atoms with Crippen LogP contribution in [-0.4, -0.2) is 58.9 Å². The maximum atomic E-state index is 12.5. The second-order valence-electron chi connectivity index (χ2n) is 6.67. The average molecular weight is 375 g/mol. The van der Waals surface area contributed by atoms with Gasteiger partial charge in [-0.2, -0.15) is 11.8 Å². The fraction of sp³-hybridized carbons (Fsp3) is 0.474. The summed E-state index contributed by atoms with van der Waals surface area (Å²) in [5.74, 6) is 0.525. The molecule has 1 fully saturated rings. The zero-order chi connectivity index (χ0) is 18.5. The van der Waals surface area contributed by atoms with Crippen LogP contribution in [0.25, 0.3) is 10.9 Å². The van der Waals surface area contributed by atoms with Crippen molar-refractivity contribution in [2.45, 2.75) is 32.0 Å². The molecule has 0 saturated carbocycles. The van der Waals surface area contributed by atoms with Gasteiger partial charge >= 0.3 is 0 Å². The Balaban J connectivity index is 1.72. The molecule has 0 radical (unpaired) electrons. The topological polar surface area (TPSA) is 77.2 Å². The Morgan fingerprint density at radius 3 is 2.96 bits per heavy atom. The molecule has 3 N–H and O–H groups in total. The predicted molar refractivity (Wildman–Crippen MR) is 106 cm³/mol. The number of hydrogen-bond donors (Lipinski definition) is 3. The summed E-state index contributed by atoms with van der Waals surface area (Å²) < 4.78 is 0. The summed E-state index contributed by atoms with van der Waals surface area (Å²) in [6.07, 6.45) is 4.49. The number of likely N-dealkylation sites (N-methyl/N-ethyl adjacent to an activating group) is 1. The molecule has 2 heterocycles. The number of carbonyl (C=O) groups is 2. The minimum atomic E-state index is -0.212. The van der Waals surface area contributed by atoms with Crippen molar-refractivity contribution in [1.82, 2.24) is 20.5 Å². The molecule has 0 spiro atoms. The second-order valence-corrected chi connectivity index (χ2v) is 7.54. The van der Waals surface area contributed by atoms with Gasteiger partial charge in [0.2, 0.25) is 11.8 Å². The second kappa shape index (κ2) is 8.60. The summed E-state index contributed by atoms with van der Waals surface area (Å²) in [5.41, 5.74) is 2.28. The van der Waals surface area contributed by atoms with Gasteiger partial charge in [-0.15, -0.1) is 0 Å². The van der Waals surface area contributed by atoms with Crippen LogP contribution in [0.5, 0.6) is 0 Å². The molecular formula is C19H26N4O2S. The van der Waals surface area contributed by atoms with Crippen LogP contribution >= 0.6 is 11.8 Å². The van der Waals surface area contributed by atoms with Gasteiger partial charge in [0.25, 0.3) is 0 Å². The molecule has 0 unspecified atom stereocenters. The van der Waals surface area contributed by atoms with Gasteiger partial charge in [-0.25, -0.2) is 0 Å². The zero-order valence-electron chi connectivity index (χ0n) is 15.2. The number of benzene rings is 1. The first-order valence-corrected chi connectivity index (χ1v) is 10.4. The lowest BCUT2D eigenvalue weighted by Crippen LogP contribution is -2.42. The highest BCUT2D eigenvalue weighted by molar-refractivity contribution is 7.99.